The summed E-state index contributed by atoms with van der Waals surface area (Å²) in [4.78, 5) is 7.18. The highest BCUT2D eigenvalue weighted by molar-refractivity contribution is 5.67. The molecule has 1 saturated heterocycles. The molecule has 0 radical (unpaired) electrons. The Hall–Kier alpha value is -2.39. The third-order valence-electron chi connectivity index (χ3n) is 4.92. The molecule has 1 aromatic heterocycles. The van der Waals surface area contributed by atoms with Crippen LogP contribution < -0.4 is 0 Å². The summed E-state index contributed by atoms with van der Waals surface area (Å²) in [5.41, 5.74) is 4.95. The van der Waals surface area contributed by atoms with Gasteiger partial charge in [0.15, 0.2) is 0 Å². The van der Waals surface area contributed by atoms with Crippen LogP contribution in [0.5, 0.6) is 0 Å². The van der Waals surface area contributed by atoms with Gasteiger partial charge in [0, 0.05) is 19.2 Å². The van der Waals surface area contributed by atoms with Crippen molar-refractivity contribution in [3.05, 3.63) is 66.5 Å². The maximum atomic E-state index is 4.67. The second kappa shape index (κ2) is 6.62. The molecule has 24 heavy (non-hydrogen) atoms. The lowest BCUT2D eigenvalue weighted by Crippen LogP contribution is -2.20. The molecule has 3 aromatic rings. The van der Waals surface area contributed by atoms with Crippen LogP contribution in [0.1, 0.15) is 18.5 Å². The Morgan fingerprint density at radius 3 is 2.17 bits per heavy atom. The average Bonchev–Trinajstić information content (AvgIpc) is 3.27. The molecule has 1 aliphatic heterocycles. The van der Waals surface area contributed by atoms with Crippen molar-refractivity contribution in [2.45, 2.75) is 19.4 Å². The lowest BCUT2D eigenvalue weighted by Gasteiger charge is -2.15. The van der Waals surface area contributed by atoms with Gasteiger partial charge in [0.25, 0.3) is 0 Å². The summed E-state index contributed by atoms with van der Waals surface area (Å²) in [5.74, 6) is 1.05. The van der Waals surface area contributed by atoms with Crippen molar-refractivity contribution in [3.8, 4) is 22.5 Å². The molecule has 0 amide bonds. The second-order valence-corrected chi connectivity index (χ2v) is 6.56. The van der Waals surface area contributed by atoms with Gasteiger partial charge in [0.1, 0.15) is 5.82 Å². The standard InChI is InChI=1S/C21H23N3/c1-23-20(16-24-13-5-6-14-24)15-22-21(23)19-11-9-18(10-12-19)17-7-3-2-4-8-17/h2-4,7-12,15H,5-6,13-14,16H2,1H3. The maximum absolute atomic E-state index is 4.67. The number of nitrogens with zero attached hydrogens (tertiary/aromatic N) is 3. The zero-order chi connectivity index (χ0) is 16.4. The summed E-state index contributed by atoms with van der Waals surface area (Å²) in [6.45, 7) is 3.43. The molecule has 0 bridgehead atoms. The van der Waals surface area contributed by atoms with E-state index in [4.69, 9.17) is 0 Å². The quantitative estimate of drug-likeness (QED) is 0.713. The minimum absolute atomic E-state index is 1.01. The number of likely N-dealkylation sites (tertiary alicyclic amines) is 1. The van der Waals surface area contributed by atoms with Crippen molar-refractivity contribution in [3.63, 3.8) is 0 Å². The number of hydrogen-bond donors (Lipinski definition) is 0. The van der Waals surface area contributed by atoms with Crippen LogP contribution in [-0.2, 0) is 13.6 Å². The van der Waals surface area contributed by atoms with Crippen molar-refractivity contribution in [2.24, 2.45) is 7.05 Å². The second-order valence-electron chi connectivity index (χ2n) is 6.56. The summed E-state index contributed by atoms with van der Waals surface area (Å²) in [7, 11) is 2.12. The van der Waals surface area contributed by atoms with E-state index in [2.05, 4.69) is 70.0 Å². The maximum Gasteiger partial charge on any atom is 0.139 e. The lowest BCUT2D eigenvalue weighted by molar-refractivity contribution is 0.323. The first-order valence-electron chi connectivity index (χ1n) is 8.70. The van der Waals surface area contributed by atoms with Crippen LogP contribution >= 0.6 is 0 Å². The van der Waals surface area contributed by atoms with E-state index in [1.54, 1.807) is 0 Å². The molecule has 3 nitrogen and oxygen atoms in total. The topological polar surface area (TPSA) is 21.1 Å². The van der Waals surface area contributed by atoms with Crippen LogP contribution in [0.25, 0.3) is 22.5 Å². The van der Waals surface area contributed by atoms with Gasteiger partial charge in [-0.05, 0) is 37.1 Å². The van der Waals surface area contributed by atoms with E-state index < -0.39 is 0 Å². The number of aromatic nitrogens is 2. The first kappa shape index (κ1) is 15.2. The number of benzene rings is 2. The van der Waals surface area contributed by atoms with Crippen molar-refractivity contribution in [2.75, 3.05) is 13.1 Å². The van der Waals surface area contributed by atoms with Crippen LogP contribution in [0.2, 0.25) is 0 Å². The van der Waals surface area contributed by atoms with E-state index in [0.29, 0.717) is 0 Å². The van der Waals surface area contributed by atoms with Gasteiger partial charge in [-0.3, -0.25) is 4.90 Å². The first-order chi connectivity index (χ1) is 11.8. The Bertz CT molecular complexity index is 797. The molecule has 0 N–H and O–H groups in total. The fourth-order valence-electron chi connectivity index (χ4n) is 3.47. The summed E-state index contributed by atoms with van der Waals surface area (Å²) in [5, 5.41) is 0. The average molecular weight is 317 g/mol. The van der Waals surface area contributed by atoms with E-state index >= 15 is 0 Å². The summed E-state index contributed by atoms with van der Waals surface area (Å²) in [6, 6.07) is 19.2. The van der Waals surface area contributed by atoms with Gasteiger partial charge in [-0.15, -0.1) is 0 Å². The SMILES string of the molecule is Cn1c(CN2CCCC2)cnc1-c1ccc(-c2ccccc2)cc1. The predicted molar refractivity (Wildman–Crippen MR) is 98.6 cm³/mol. The Morgan fingerprint density at radius 1 is 0.833 bits per heavy atom. The molecule has 1 aliphatic rings. The summed E-state index contributed by atoms with van der Waals surface area (Å²) < 4.78 is 2.23. The smallest absolute Gasteiger partial charge is 0.139 e. The molecule has 2 aromatic carbocycles. The van der Waals surface area contributed by atoms with E-state index in [0.717, 1.165) is 12.4 Å². The van der Waals surface area contributed by atoms with Crippen molar-refractivity contribution >= 4 is 0 Å². The van der Waals surface area contributed by atoms with Crippen molar-refractivity contribution in [1.29, 1.82) is 0 Å². The van der Waals surface area contributed by atoms with E-state index in [-0.39, 0.29) is 0 Å². The number of imidazole rings is 1. The first-order valence-corrected chi connectivity index (χ1v) is 8.70. The fraction of sp³-hybridized carbons (Fsp3) is 0.286. The highest BCUT2D eigenvalue weighted by Gasteiger charge is 2.15. The Kier molecular flexibility index (Phi) is 4.18. The van der Waals surface area contributed by atoms with Crippen molar-refractivity contribution < 1.29 is 0 Å². The summed E-state index contributed by atoms with van der Waals surface area (Å²) in [6.07, 6.45) is 4.68. The molecule has 0 saturated carbocycles. The molecule has 0 aliphatic carbocycles. The minimum atomic E-state index is 1.01. The zero-order valence-electron chi connectivity index (χ0n) is 14.2. The molecule has 4 rings (SSSR count). The van der Waals surface area contributed by atoms with Crippen LogP contribution in [0.3, 0.4) is 0 Å². The zero-order valence-corrected chi connectivity index (χ0v) is 14.2. The Morgan fingerprint density at radius 2 is 1.46 bits per heavy atom. The van der Waals surface area contributed by atoms with Gasteiger partial charge in [-0.2, -0.15) is 0 Å². The van der Waals surface area contributed by atoms with Crippen LogP contribution in [-0.4, -0.2) is 27.5 Å². The lowest BCUT2D eigenvalue weighted by atomic mass is 10.0. The van der Waals surface area contributed by atoms with Gasteiger partial charge >= 0.3 is 0 Å². The Labute approximate surface area is 143 Å². The van der Waals surface area contributed by atoms with Crippen LogP contribution in [0, 0.1) is 0 Å². The number of hydrogen-bond acceptors (Lipinski definition) is 2. The van der Waals surface area contributed by atoms with Gasteiger partial charge in [0.2, 0.25) is 0 Å². The molecular formula is C21H23N3. The van der Waals surface area contributed by atoms with E-state index in [1.165, 1.54) is 48.3 Å². The number of rotatable bonds is 4. The summed E-state index contributed by atoms with van der Waals surface area (Å²) >= 11 is 0. The van der Waals surface area contributed by atoms with E-state index in [1.807, 2.05) is 12.3 Å². The third-order valence-corrected chi connectivity index (χ3v) is 4.92. The molecule has 3 heteroatoms. The molecular weight excluding hydrogens is 294 g/mol. The molecule has 0 atom stereocenters. The van der Waals surface area contributed by atoms with Crippen molar-refractivity contribution in [1.82, 2.24) is 14.5 Å². The largest absolute Gasteiger partial charge is 0.330 e. The monoisotopic (exact) mass is 317 g/mol. The molecule has 2 heterocycles. The minimum Gasteiger partial charge on any atom is -0.330 e. The van der Waals surface area contributed by atoms with Gasteiger partial charge in [0.05, 0.1) is 11.9 Å². The van der Waals surface area contributed by atoms with Gasteiger partial charge < -0.3 is 4.57 Å². The van der Waals surface area contributed by atoms with Crippen LogP contribution in [0.4, 0.5) is 0 Å². The highest BCUT2D eigenvalue weighted by atomic mass is 15.2. The van der Waals surface area contributed by atoms with E-state index in [9.17, 15) is 0 Å². The molecule has 0 unspecified atom stereocenters. The van der Waals surface area contributed by atoms with Gasteiger partial charge in [-0.1, -0.05) is 54.6 Å². The normalized spacial score (nSPS) is 15.0. The molecule has 0 spiro atoms. The van der Waals surface area contributed by atoms with Crippen LogP contribution in [0.15, 0.2) is 60.8 Å². The fourth-order valence-corrected chi connectivity index (χ4v) is 3.47. The highest BCUT2D eigenvalue weighted by Crippen LogP contribution is 2.25. The predicted octanol–water partition coefficient (Wildman–Crippen LogP) is 4.35. The third kappa shape index (κ3) is 3.00. The molecule has 122 valence electrons. The molecule has 1 fully saturated rings. The van der Waals surface area contributed by atoms with Gasteiger partial charge in [-0.25, -0.2) is 4.98 Å². The Balaban J connectivity index is 1.56.